The predicted molar refractivity (Wildman–Crippen MR) is 85.9 cm³/mol. The second kappa shape index (κ2) is 6.88. The zero-order valence-corrected chi connectivity index (χ0v) is 12.7. The molecule has 0 spiro atoms. The third-order valence-corrected chi connectivity index (χ3v) is 3.93. The van der Waals surface area contributed by atoms with Crippen LogP contribution in [0.4, 0.5) is 10.5 Å². The van der Waals surface area contributed by atoms with Crippen LogP contribution < -0.4 is 10.2 Å². The number of carbonyl (C=O) groups is 1. The molecule has 0 atom stereocenters. The summed E-state index contributed by atoms with van der Waals surface area (Å²) in [6.45, 7) is 3.08. The van der Waals surface area contributed by atoms with Gasteiger partial charge in [0.2, 0.25) is 0 Å². The number of carbonyl (C=O) groups excluding carboxylic acids is 1. The van der Waals surface area contributed by atoms with Crippen LogP contribution >= 0.6 is 0 Å². The molecule has 0 bridgehead atoms. The molecule has 2 amide bonds. The summed E-state index contributed by atoms with van der Waals surface area (Å²) in [7, 11) is 0. The highest BCUT2D eigenvalue weighted by Crippen LogP contribution is 2.21. The third-order valence-electron chi connectivity index (χ3n) is 3.93. The molecule has 1 N–H and O–H groups in total. The summed E-state index contributed by atoms with van der Waals surface area (Å²) in [6, 6.07) is 13.3. The average Bonchev–Trinajstić information content (AvgIpc) is 3.13. The first-order chi connectivity index (χ1) is 11.3. The number of piperazine rings is 1. The number of urea groups is 1. The molecular formula is C17H18N4O2. The lowest BCUT2D eigenvalue weighted by Crippen LogP contribution is -2.51. The molecule has 118 valence electrons. The molecule has 0 saturated carbocycles. The molecule has 2 heterocycles. The van der Waals surface area contributed by atoms with E-state index in [1.165, 1.54) is 0 Å². The molecule has 1 aliphatic heterocycles. The van der Waals surface area contributed by atoms with Crippen LogP contribution in [0.2, 0.25) is 0 Å². The third kappa shape index (κ3) is 3.46. The summed E-state index contributed by atoms with van der Waals surface area (Å²) in [5.41, 5.74) is 1.61. The molecule has 1 saturated heterocycles. The highest BCUT2D eigenvalue weighted by molar-refractivity contribution is 5.74. The van der Waals surface area contributed by atoms with Gasteiger partial charge in [0.25, 0.3) is 0 Å². The molecule has 23 heavy (non-hydrogen) atoms. The topological polar surface area (TPSA) is 72.5 Å². The van der Waals surface area contributed by atoms with Gasteiger partial charge in [0.05, 0.1) is 24.1 Å². The SMILES string of the molecule is N#Cc1ccccc1N1CCN(C(=O)NCc2ccco2)CC1. The van der Waals surface area contributed by atoms with Crippen LogP contribution in [0.1, 0.15) is 11.3 Å². The van der Waals surface area contributed by atoms with E-state index >= 15 is 0 Å². The van der Waals surface area contributed by atoms with Crippen molar-refractivity contribution < 1.29 is 9.21 Å². The molecule has 1 fully saturated rings. The number of hydrogen-bond donors (Lipinski definition) is 1. The summed E-state index contributed by atoms with van der Waals surface area (Å²) in [5, 5.41) is 12.0. The number of anilines is 1. The Morgan fingerprint density at radius 3 is 2.65 bits per heavy atom. The van der Waals surface area contributed by atoms with E-state index in [1.807, 2.05) is 30.3 Å². The van der Waals surface area contributed by atoms with Crippen LogP contribution in [0.15, 0.2) is 47.1 Å². The zero-order chi connectivity index (χ0) is 16.1. The first-order valence-corrected chi connectivity index (χ1v) is 7.57. The molecule has 2 aromatic rings. The maximum Gasteiger partial charge on any atom is 0.317 e. The summed E-state index contributed by atoms with van der Waals surface area (Å²) >= 11 is 0. The van der Waals surface area contributed by atoms with Crippen LogP contribution in [-0.2, 0) is 6.54 Å². The second-order valence-electron chi connectivity index (χ2n) is 5.34. The van der Waals surface area contributed by atoms with E-state index in [9.17, 15) is 10.1 Å². The molecule has 1 aromatic heterocycles. The van der Waals surface area contributed by atoms with Gasteiger partial charge in [-0.3, -0.25) is 0 Å². The normalized spacial score (nSPS) is 14.4. The van der Waals surface area contributed by atoms with Gasteiger partial charge in [-0.25, -0.2) is 4.79 Å². The lowest BCUT2D eigenvalue weighted by atomic mass is 10.1. The predicted octanol–water partition coefficient (Wildman–Crippen LogP) is 2.18. The molecule has 0 unspecified atom stereocenters. The van der Waals surface area contributed by atoms with Crippen LogP contribution in [0.3, 0.4) is 0 Å². The van der Waals surface area contributed by atoms with E-state index in [0.29, 0.717) is 38.3 Å². The van der Waals surface area contributed by atoms with Crippen LogP contribution in [0.5, 0.6) is 0 Å². The van der Waals surface area contributed by atoms with Crippen molar-refractivity contribution in [3.05, 3.63) is 54.0 Å². The Morgan fingerprint density at radius 1 is 1.17 bits per heavy atom. The van der Waals surface area contributed by atoms with Crippen LogP contribution in [0, 0.1) is 11.3 Å². The highest BCUT2D eigenvalue weighted by Gasteiger charge is 2.22. The quantitative estimate of drug-likeness (QED) is 0.943. The van der Waals surface area contributed by atoms with Gasteiger partial charge < -0.3 is 19.5 Å². The number of furan rings is 1. The van der Waals surface area contributed by atoms with E-state index in [2.05, 4.69) is 16.3 Å². The minimum atomic E-state index is -0.0883. The lowest BCUT2D eigenvalue weighted by Gasteiger charge is -2.36. The maximum absolute atomic E-state index is 12.2. The minimum Gasteiger partial charge on any atom is -0.467 e. The summed E-state index contributed by atoms with van der Waals surface area (Å²) in [6.07, 6.45) is 1.59. The zero-order valence-electron chi connectivity index (χ0n) is 12.7. The number of nitrogens with zero attached hydrogens (tertiary/aromatic N) is 3. The molecule has 3 rings (SSSR count). The monoisotopic (exact) mass is 310 g/mol. The van der Waals surface area contributed by atoms with Crippen molar-refractivity contribution in [1.82, 2.24) is 10.2 Å². The van der Waals surface area contributed by atoms with Crippen molar-refractivity contribution in [2.75, 3.05) is 31.1 Å². The number of rotatable bonds is 3. The minimum absolute atomic E-state index is 0.0883. The number of nitriles is 1. The van der Waals surface area contributed by atoms with Crippen molar-refractivity contribution >= 4 is 11.7 Å². The van der Waals surface area contributed by atoms with E-state index in [-0.39, 0.29) is 6.03 Å². The fourth-order valence-electron chi connectivity index (χ4n) is 2.68. The second-order valence-corrected chi connectivity index (χ2v) is 5.34. The van der Waals surface area contributed by atoms with Crippen molar-refractivity contribution in [1.29, 1.82) is 5.26 Å². The van der Waals surface area contributed by atoms with Gasteiger partial charge in [-0.15, -0.1) is 0 Å². The van der Waals surface area contributed by atoms with Crippen molar-refractivity contribution in [3.63, 3.8) is 0 Å². The van der Waals surface area contributed by atoms with E-state index in [0.717, 1.165) is 11.4 Å². The van der Waals surface area contributed by atoms with E-state index < -0.39 is 0 Å². The fraction of sp³-hybridized carbons (Fsp3) is 0.294. The first kappa shape index (κ1) is 15.0. The van der Waals surface area contributed by atoms with Crippen molar-refractivity contribution in [2.45, 2.75) is 6.54 Å². The van der Waals surface area contributed by atoms with Gasteiger partial charge in [-0.1, -0.05) is 12.1 Å². The Hall–Kier alpha value is -2.94. The summed E-state index contributed by atoms with van der Waals surface area (Å²) in [5.74, 6) is 0.736. The van der Waals surface area contributed by atoms with E-state index in [4.69, 9.17) is 4.42 Å². The van der Waals surface area contributed by atoms with Gasteiger partial charge in [0.1, 0.15) is 11.8 Å². The van der Waals surface area contributed by atoms with Gasteiger partial charge >= 0.3 is 6.03 Å². The summed E-state index contributed by atoms with van der Waals surface area (Å²) in [4.78, 5) is 16.1. The Labute approximate surface area is 134 Å². The van der Waals surface area contributed by atoms with E-state index in [1.54, 1.807) is 17.2 Å². The summed E-state index contributed by atoms with van der Waals surface area (Å²) < 4.78 is 5.20. The van der Waals surface area contributed by atoms with Gasteiger partial charge in [0.15, 0.2) is 0 Å². The Morgan fingerprint density at radius 2 is 1.96 bits per heavy atom. The highest BCUT2D eigenvalue weighted by atomic mass is 16.3. The van der Waals surface area contributed by atoms with Gasteiger partial charge in [-0.05, 0) is 24.3 Å². The molecule has 6 nitrogen and oxygen atoms in total. The van der Waals surface area contributed by atoms with Crippen molar-refractivity contribution in [3.8, 4) is 6.07 Å². The lowest BCUT2D eigenvalue weighted by molar-refractivity contribution is 0.193. The number of benzene rings is 1. The van der Waals surface area contributed by atoms with Crippen LogP contribution in [-0.4, -0.2) is 37.1 Å². The molecule has 0 aliphatic carbocycles. The van der Waals surface area contributed by atoms with Gasteiger partial charge in [0, 0.05) is 26.2 Å². The van der Waals surface area contributed by atoms with Crippen molar-refractivity contribution in [2.24, 2.45) is 0 Å². The largest absolute Gasteiger partial charge is 0.467 e. The first-order valence-electron chi connectivity index (χ1n) is 7.57. The standard InChI is InChI=1S/C17H18N4O2/c18-12-14-4-1-2-6-16(14)20-7-9-21(10-8-20)17(22)19-13-15-5-3-11-23-15/h1-6,11H,7-10,13H2,(H,19,22). The number of amides is 2. The number of nitrogens with one attached hydrogen (secondary N) is 1. The molecular weight excluding hydrogens is 292 g/mol. The Balaban J connectivity index is 1.54. The number of hydrogen-bond acceptors (Lipinski definition) is 4. The Bertz CT molecular complexity index is 698. The molecule has 6 heteroatoms. The fourth-order valence-corrected chi connectivity index (χ4v) is 2.68. The smallest absolute Gasteiger partial charge is 0.317 e. The van der Waals surface area contributed by atoms with Crippen LogP contribution in [0.25, 0.3) is 0 Å². The average molecular weight is 310 g/mol. The Kier molecular flexibility index (Phi) is 4.48. The molecule has 0 radical (unpaired) electrons. The van der Waals surface area contributed by atoms with Gasteiger partial charge in [-0.2, -0.15) is 5.26 Å². The molecule has 1 aromatic carbocycles. The molecule has 1 aliphatic rings. The number of para-hydroxylation sites is 1. The maximum atomic E-state index is 12.2.